The number of piperidine rings is 1. The van der Waals surface area contributed by atoms with E-state index in [9.17, 15) is 8.42 Å². The van der Waals surface area contributed by atoms with Gasteiger partial charge in [-0.3, -0.25) is 4.55 Å². The molecule has 21 heavy (non-hydrogen) atoms. The van der Waals surface area contributed by atoms with Gasteiger partial charge in [0.1, 0.15) is 0 Å². The van der Waals surface area contributed by atoms with Crippen molar-refractivity contribution in [3.63, 3.8) is 0 Å². The molecule has 0 aliphatic carbocycles. The predicted octanol–water partition coefficient (Wildman–Crippen LogP) is 3.87. The second-order valence-electron chi connectivity index (χ2n) is 6.71. The minimum absolute atomic E-state index is 0.715. The monoisotopic (exact) mass is 322 g/mol. The molecule has 0 aromatic rings. The maximum atomic E-state index is 9.19. The van der Waals surface area contributed by atoms with E-state index in [1.54, 1.807) is 0 Å². The van der Waals surface area contributed by atoms with Crippen LogP contribution in [0.3, 0.4) is 0 Å². The van der Waals surface area contributed by atoms with Crippen LogP contribution in [0.1, 0.15) is 71.1 Å². The second kappa shape index (κ2) is 11.4. The van der Waals surface area contributed by atoms with Crippen LogP contribution in [0.2, 0.25) is 0 Å². The van der Waals surface area contributed by atoms with Gasteiger partial charge < -0.3 is 4.48 Å². The van der Waals surface area contributed by atoms with Gasteiger partial charge in [-0.25, -0.2) is 0 Å². The highest BCUT2D eigenvalue weighted by Crippen LogP contribution is 2.18. The third-order valence-electron chi connectivity index (χ3n) is 4.20. The third kappa shape index (κ3) is 16.1. The van der Waals surface area contributed by atoms with Gasteiger partial charge >= 0.3 is 0 Å². The Morgan fingerprint density at radius 2 is 1.33 bits per heavy atom. The van der Waals surface area contributed by atoms with E-state index < -0.39 is 10.1 Å². The fourth-order valence-electron chi connectivity index (χ4n) is 2.95. The SMILES string of the molecule is CCCCCCCCC[N+]1(C)CCCCC1.CS(=O)(=O)O. The minimum Gasteiger partial charge on any atom is -0.326 e. The van der Waals surface area contributed by atoms with E-state index in [-0.39, 0.29) is 0 Å². The molecule has 1 heterocycles. The highest BCUT2D eigenvalue weighted by atomic mass is 32.2. The van der Waals surface area contributed by atoms with E-state index in [0.717, 1.165) is 0 Å². The lowest BCUT2D eigenvalue weighted by Gasteiger charge is -2.37. The molecule has 1 fully saturated rings. The number of hydrogen-bond donors (Lipinski definition) is 1. The van der Waals surface area contributed by atoms with Crippen LogP contribution in [0.4, 0.5) is 0 Å². The van der Waals surface area contributed by atoms with Crippen LogP contribution in [0.15, 0.2) is 0 Å². The first-order valence-corrected chi connectivity index (χ1v) is 10.4. The van der Waals surface area contributed by atoms with Gasteiger partial charge in [-0.1, -0.05) is 39.0 Å². The lowest BCUT2D eigenvalue weighted by atomic mass is 10.1. The summed E-state index contributed by atoms with van der Waals surface area (Å²) < 4.78 is 27.2. The summed E-state index contributed by atoms with van der Waals surface area (Å²) in [5, 5.41) is 0. The molecule has 0 amide bonds. The van der Waals surface area contributed by atoms with E-state index in [1.165, 1.54) is 88.3 Å². The average molecular weight is 323 g/mol. The molecule has 0 radical (unpaired) electrons. The average Bonchev–Trinajstić information content (AvgIpc) is 2.36. The van der Waals surface area contributed by atoms with Crippen molar-refractivity contribution in [1.29, 1.82) is 0 Å². The van der Waals surface area contributed by atoms with Crippen molar-refractivity contribution >= 4 is 10.1 Å². The van der Waals surface area contributed by atoms with Crippen LogP contribution < -0.4 is 0 Å². The quantitative estimate of drug-likeness (QED) is 0.419. The van der Waals surface area contributed by atoms with Crippen molar-refractivity contribution in [3.05, 3.63) is 0 Å². The summed E-state index contributed by atoms with van der Waals surface area (Å²) in [6.07, 6.45) is 15.3. The van der Waals surface area contributed by atoms with E-state index in [2.05, 4.69) is 14.0 Å². The molecule has 1 aliphatic rings. The number of unbranched alkanes of at least 4 members (excludes halogenated alkanes) is 6. The zero-order valence-corrected chi connectivity index (χ0v) is 15.1. The highest BCUT2D eigenvalue weighted by molar-refractivity contribution is 7.85. The fourth-order valence-corrected chi connectivity index (χ4v) is 2.95. The summed E-state index contributed by atoms with van der Waals surface area (Å²) in [5.41, 5.74) is 0. The Labute approximate surface area is 132 Å². The first-order valence-electron chi connectivity index (χ1n) is 8.53. The Kier molecular flexibility index (Phi) is 11.4. The summed E-state index contributed by atoms with van der Waals surface area (Å²) in [6.45, 7) is 6.61. The van der Waals surface area contributed by atoms with Crippen LogP contribution in [0, 0.1) is 0 Å². The molecule has 1 saturated heterocycles. The Morgan fingerprint density at radius 3 is 1.81 bits per heavy atom. The number of likely N-dealkylation sites (tertiary alicyclic amines) is 1. The van der Waals surface area contributed by atoms with Gasteiger partial charge in [0.05, 0.1) is 32.9 Å². The van der Waals surface area contributed by atoms with Crippen molar-refractivity contribution in [2.75, 3.05) is 32.9 Å². The van der Waals surface area contributed by atoms with Crippen molar-refractivity contribution in [1.82, 2.24) is 0 Å². The van der Waals surface area contributed by atoms with Gasteiger partial charge in [-0.15, -0.1) is 0 Å². The second-order valence-corrected chi connectivity index (χ2v) is 8.17. The molecule has 0 aromatic carbocycles. The molecule has 0 saturated carbocycles. The highest BCUT2D eigenvalue weighted by Gasteiger charge is 2.23. The number of hydrogen-bond acceptors (Lipinski definition) is 2. The summed E-state index contributed by atoms with van der Waals surface area (Å²) in [4.78, 5) is 0. The Hall–Kier alpha value is -0.130. The molecule has 5 heteroatoms. The zero-order valence-electron chi connectivity index (χ0n) is 14.3. The molecule has 0 aromatic heterocycles. The maximum absolute atomic E-state index is 9.19. The lowest BCUT2D eigenvalue weighted by molar-refractivity contribution is -0.914. The van der Waals surface area contributed by atoms with Crippen molar-refractivity contribution in [2.24, 2.45) is 0 Å². The maximum Gasteiger partial charge on any atom is 0.261 e. The topological polar surface area (TPSA) is 54.4 Å². The zero-order chi connectivity index (χ0) is 16.2. The van der Waals surface area contributed by atoms with Crippen LogP contribution in [-0.2, 0) is 10.1 Å². The molecule has 4 nitrogen and oxygen atoms in total. The van der Waals surface area contributed by atoms with Gasteiger partial charge in [0.25, 0.3) is 10.1 Å². The van der Waals surface area contributed by atoms with Crippen molar-refractivity contribution in [2.45, 2.75) is 71.1 Å². The molecule has 1 rings (SSSR count). The molecule has 1 aliphatic heterocycles. The molecule has 0 unspecified atom stereocenters. The first kappa shape index (κ1) is 20.9. The molecular weight excluding hydrogens is 286 g/mol. The Morgan fingerprint density at radius 1 is 0.905 bits per heavy atom. The Balaban J connectivity index is 0.000000690. The molecule has 1 N–H and O–H groups in total. The lowest BCUT2D eigenvalue weighted by Crippen LogP contribution is -2.48. The normalized spacial score (nSPS) is 17.9. The van der Waals surface area contributed by atoms with Crippen LogP contribution in [0.5, 0.6) is 0 Å². The summed E-state index contributed by atoms with van der Waals surface area (Å²) in [6, 6.07) is 0. The van der Waals surface area contributed by atoms with Crippen molar-refractivity contribution < 1.29 is 17.5 Å². The standard InChI is InChI=1S/C15H32N.CH4O3S/c1-3-4-5-6-7-8-10-13-16(2)14-11-9-12-15-16;1-5(2,3)4/h3-15H2,1-2H3;1H3,(H,2,3,4)/q+1;. The number of rotatable bonds is 8. The number of quaternary nitrogens is 1. The molecule has 128 valence electrons. The predicted molar refractivity (Wildman–Crippen MR) is 90.1 cm³/mol. The third-order valence-corrected chi connectivity index (χ3v) is 4.20. The van der Waals surface area contributed by atoms with Crippen LogP contribution in [-0.4, -0.2) is 50.4 Å². The van der Waals surface area contributed by atoms with Crippen molar-refractivity contribution in [3.8, 4) is 0 Å². The number of nitrogens with zero attached hydrogens (tertiary/aromatic N) is 1. The molecule has 0 bridgehead atoms. The smallest absolute Gasteiger partial charge is 0.261 e. The van der Waals surface area contributed by atoms with Crippen LogP contribution in [0.25, 0.3) is 0 Å². The largest absolute Gasteiger partial charge is 0.326 e. The fraction of sp³-hybridized carbons (Fsp3) is 1.00. The van der Waals surface area contributed by atoms with E-state index in [4.69, 9.17) is 4.55 Å². The summed E-state index contributed by atoms with van der Waals surface area (Å²) >= 11 is 0. The van der Waals surface area contributed by atoms with E-state index >= 15 is 0 Å². The molecule has 0 atom stereocenters. The van der Waals surface area contributed by atoms with Gasteiger partial charge in [0.2, 0.25) is 0 Å². The molecule has 0 spiro atoms. The van der Waals surface area contributed by atoms with E-state index in [1.807, 2.05) is 0 Å². The Bertz CT molecular complexity index is 327. The van der Waals surface area contributed by atoms with Crippen LogP contribution >= 0.6 is 0 Å². The summed E-state index contributed by atoms with van der Waals surface area (Å²) in [7, 11) is -1.20. The van der Waals surface area contributed by atoms with Gasteiger partial charge in [0.15, 0.2) is 0 Å². The van der Waals surface area contributed by atoms with Gasteiger partial charge in [-0.2, -0.15) is 8.42 Å². The molecular formula is C16H36NO3S+. The van der Waals surface area contributed by atoms with Gasteiger partial charge in [0, 0.05) is 0 Å². The van der Waals surface area contributed by atoms with Gasteiger partial charge in [-0.05, 0) is 32.1 Å². The minimum atomic E-state index is -3.67. The first-order chi connectivity index (χ1) is 9.77. The summed E-state index contributed by atoms with van der Waals surface area (Å²) in [5.74, 6) is 0. The van der Waals surface area contributed by atoms with E-state index in [0.29, 0.717) is 6.26 Å².